The summed E-state index contributed by atoms with van der Waals surface area (Å²) in [4.78, 5) is 26.6. The quantitative estimate of drug-likeness (QED) is 0.831. The van der Waals surface area contributed by atoms with Gasteiger partial charge in [-0.2, -0.15) is 5.10 Å². The normalized spacial score (nSPS) is 14.9. The van der Waals surface area contributed by atoms with Crippen LogP contribution in [0.4, 0.5) is 0 Å². The predicted octanol–water partition coefficient (Wildman–Crippen LogP) is 2.65. The zero-order valence-corrected chi connectivity index (χ0v) is 16.7. The van der Waals surface area contributed by atoms with Gasteiger partial charge in [0.05, 0.1) is 12.8 Å². The van der Waals surface area contributed by atoms with Gasteiger partial charge in [-0.3, -0.25) is 9.59 Å². The van der Waals surface area contributed by atoms with Crippen molar-refractivity contribution in [1.29, 1.82) is 0 Å². The van der Waals surface area contributed by atoms with E-state index in [1.54, 1.807) is 24.1 Å². The van der Waals surface area contributed by atoms with Crippen molar-refractivity contribution in [2.75, 3.05) is 20.2 Å². The van der Waals surface area contributed by atoms with Gasteiger partial charge in [-0.1, -0.05) is 13.8 Å². The Labute approximate surface area is 165 Å². The summed E-state index contributed by atoms with van der Waals surface area (Å²) in [7, 11) is 1.62. The van der Waals surface area contributed by atoms with Gasteiger partial charge in [-0.25, -0.2) is 4.68 Å². The van der Waals surface area contributed by atoms with Crippen molar-refractivity contribution in [3.8, 4) is 11.4 Å². The van der Waals surface area contributed by atoms with Gasteiger partial charge in [-0.15, -0.1) is 0 Å². The number of hydrogen-bond donors (Lipinski definition) is 1. The lowest BCUT2D eigenvalue weighted by Crippen LogP contribution is -2.46. The fraction of sp³-hybridized carbons (Fsp3) is 0.476. The molecule has 3 rings (SSSR count). The summed E-state index contributed by atoms with van der Waals surface area (Å²) in [5.74, 6) is 1.16. The number of methoxy groups -OCH3 is 1. The maximum atomic E-state index is 12.5. The maximum Gasteiger partial charge on any atom is 0.272 e. The summed E-state index contributed by atoms with van der Waals surface area (Å²) >= 11 is 0. The third-order valence-corrected chi connectivity index (χ3v) is 4.92. The van der Waals surface area contributed by atoms with Crippen LogP contribution in [0.2, 0.25) is 0 Å². The zero-order chi connectivity index (χ0) is 20.1. The van der Waals surface area contributed by atoms with E-state index in [1.807, 2.05) is 29.2 Å². The Morgan fingerprint density at radius 1 is 1.18 bits per heavy atom. The molecule has 0 unspecified atom stereocenters. The molecule has 1 fully saturated rings. The summed E-state index contributed by atoms with van der Waals surface area (Å²) in [5, 5.41) is 7.42. The third-order valence-electron chi connectivity index (χ3n) is 4.92. The Bertz CT molecular complexity index is 805. The van der Waals surface area contributed by atoms with Gasteiger partial charge < -0.3 is 15.0 Å². The first-order valence-electron chi connectivity index (χ1n) is 9.75. The molecule has 0 aliphatic carbocycles. The Morgan fingerprint density at radius 2 is 1.86 bits per heavy atom. The predicted molar refractivity (Wildman–Crippen MR) is 107 cm³/mol. The minimum Gasteiger partial charge on any atom is -0.497 e. The smallest absolute Gasteiger partial charge is 0.272 e. The maximum absolute atomic E-state index is 12.5. The fourth-order valence-electron chi connectivity index (χ4n) is 3.33. The van der Waals surface area contributed by atoms with Crippen molar-refractivity contribution in [3.63, 3.8) is 0 Å². The number of hydrogen-bond acceptors (Lipinski definition) is 4. The Balaban J connectivity index is 1.53. The molecule has 1 aromatic heterocycles. The van der Waals surface area contributed by atoms with Crippen molar-refractivity contribution < 1.29 is 14.3 Å². The zero-order valence-electron chi connectivity index (χ0n) is 16.7. The van der Waals surface area contributed by atoms with E-state index in [-0.39, 0.29) is 17.9 Å². The first-order valence-corrected chi connectivity index (χ1v) is 9.75. The topological polar surface area (TPSA) is 76.5 Å². The number of rotatable bonds is 6. The Morgan fingerprint density at radius 3 is 2.46 bits per heavy atom. The summed E-state index contributed by atoms with van der Waals surface area (Å²) in [5.41, 5.74) is 1.24. The third kappa shape index (κ3) is 4.91. The highest BCUT2D eigenvalue weighted by atomic mass is 16.5. The number of carbonyl (C=O) groups is 2. The molecule has 150 valence electrons. The number of aromatic nitrogens is 2. The summed E-state index contributed by atoms with van der Waals surface area (Å²) < 4.78 is 6.82. The van der Waals surface area contributed by atoms with E-state index in [1.165, 1.54) is 0 Å². The van der Waals surface area contributed by atoms with E-state index in [4.69, 9.17) is 4.74 Å². The van der Waals surface area contributed by atoms with Crippen LogP contribution >= 0.6 is 0 Å². The second-order valence-corrected chi connectivity index (χ2v) is 7.57. The first-order chi connectivity index (χ1) is 13.5. The van der Waals surface area contributed by atoms with Crippen molar-refractivity contribution in [2.45, 2.75) is 39.2 Å². The molecule has 1 aliphatic heterocycles. The minimum atomic E-state index is -0.181. The molecular weight excluding hydrogens is 356 g/mol. The summed E-state index contributed by atoms with van der Waals surface area (Å²) in [6.45, 7) is 5.49. The number of ether oxygens (including phenoxy) is 1. The molecule has 1 aromatic carbocycles. The largest absolute Gasteiger partial charge is 0.497 e. The van der Waals surface area contributed by atoms with E-state index in [0.29, 0.717) is 31.1 Å². The van der Waals surface area contributed by atoms with Crippen molar-refractivity contribution >= 4 is 11.8 Å². The molecule has 7 nitrogen and oxygen atoms in total. The number of piperidine rings is 1. The van der Waals surface area contributed by atoms with Crippen LogP contribution in [0.15, 0.2) is 36.5 Å². The second-order valence-electron chi connectivity index (χ2n) is 7.57. The van der Waals surface area contributed by atoms with Crippen LogP contribution in [0.1, 0.15) is 43.6 Å². The number of nitrogens with zero attached hydrogens (tertiary/aromatic N) is 3. The van der Waals surface area contributed by atoms with Crippen LogP contribution < -0.4 is 10.1 Å². The lowest BCUT2D eigenvalue weighted by Gasteiger charge is -2.32. The highest BCUT2D eigenvalue weighted by Crippen LogP contribution is 2.16. The molecule has 2 heterocycles. The second kappa shape index (κ2) is 8.91. The van der Waals surface area contributed by atoms with Crippen LogP contribution in [-0.4, -0.2) is 52.7 Å². The van der Waals surface area contributed by atoms with Crippen LogP contribution in [0, 0.1) is 5.92 Å². The van der Waals surface area contributed by atoms with Crippen LogP contribution in [0.5, 0.6) is 5.75 Å². The lowest BCUT2D eigenvalue weighted by molar-refractivity contribution is -0.133. The van der Waals surface area contributed by atoms with E-state index in [2.05, 4.69) is 24.3 Å². The first kappa shape index (κ1) is 19.9. The molecule has 1 saturated heterocycles. The average molecular weight is 384 g/mol. The molecule has 0 spiro atoms. The van der Waals surface area contributed by atoms with Crippen molar-refractivity contribution in [2.24, 2.45) is 5.92 Å². The molecule has 28 heavy (non-hydrogen) atoms. The van der Waals surface area contributed by atoms with Crippen molar-refractivity contribution in [1.82, 2.24) is 20.0 Å². The van der Waals surface area contributed by atoms with E-state index in [0.717, 1.165) is 24.3 Å². The van der Waals surface area contributed by atoms with Crippen molar-refractivity contribution in [3.05, 3.63) is 42.2 Å². The molecule has 1 N–H and O–H groups in total. The van der Waals surface area contributed by atoms with E-state index in [9.17, 15) is 9.59 Å². The SMILES string of the molecule is COc1ccc(-n2ccc(C(=O)NC3CCN(C(=O)CC(C)C)CC3)n2)cc1. The molecule has 0 bridgehead atoms. The average Bonchev–Trinajstić information content (AvgIpc) is 3.18. The van der Waals surface area contributed by atoms with Gasteiger partial charge >= 0.3 is 0 Å². The molecule has 1 aliphatic rings. The molecule has 2 aromatic rings. The number of benzene rings is 1. The summed E-state index contributed by atoms with van der Waals surface area (Å²) in [6.07, 6.45) is 3.90. The number of likely N-dealkylation sites (tertiary alicyclic amines) is 1. The number of amides is 2. The molecular formula is C21H28N4O3. The minimum absolute atomic E-state index is 0.0711. The van der Waals surface area contributed by atoms with Gasteiger partial charge in [0, 0.05) is 31.7 Å². The van der Waals surface area contributed by atoms with Crippen LogP contribution in [0.3, 0.4) is 0 Å². The molecule has 0 atom stereocenters. The van der Waals surface area contributed by atoms with Gasteiger partial charge in [0.2, 0.25) is 5.91 Å². The number of nitrogens with one attached hydrogen (secondary N) is 1. The van der Waals surface area contributed by atoms with Crippen LogP contribution in [-0.2, 0) is 4.79 Å². The fourth-order valence-corrected chi connectivity index (χ4v) is 3.33. The highest BCUT2D eigenvalue weighted by Gasteiger charge is 2.25. The molecule has 7 heteroatoms. The summed E-state index contributed by atoms with van der Waals surface area (Å²) in [6, 6.07) is 9.26. The van der Waals surface area contributed by atoms with E-state index < -0.39 is 0 Å². The standard InChI is InChI=1S/C21H28N4O3/c1-15(2)14-20(26)24-11-8-16(9-12-24)22-21(27)19-10-13-25(23-19)17-4-6-18(28-3)7-5-17/h4-7,10,13,15-16H,8-9,11-12,14H2,1-3H3,(H,22,27). The monoisotopic (exact) mass is 384 g/mol. The van der Waals surface area contributed by atoms with Gasteiger partial charge in [0.25, 0.3) is 5.91 Å². The Hall–Kier alpha value is -2.83. The molecule has 2 amide bonds. The van der Waals surface area contributed by atoms with Gasteiger partial charge in [0.15, 0.2) is 5.69 Å². The van der Waals surface area contributed by atoms with Crippen LogP contribution in [0.25, 0.3) is 5.69 Å². The van der Waals surface area contributed by atoms with E-state index >= 15 is 0 Å². The van der Waals surface area contributed by atoms with Gasteiger partial charge in [0.1, 0.15) is 5.75 Å². The molecule has 0 radical (unpaired) electrons. The number of carbonyl (C=O) groups excluding carboxylic acids is 2. The van der Waals surface area contributed by atoms with Gasteiger partial charge in [-0.05, 0) is 49.1 Å². The lowest BCUT2D eigenvalue weighted by atomic mass is 10.0. The highest BCUT2D eigenvalue weighted by molar-refractivity contribution is 5.92. The molecule has 0 saturated carbocycles. The Kier molecular flexibility index (Phi) is 6.34.